The lowest BCUT2D eigenvalue weighted by Gasteiger charge is -2.11. The van der Waals surface area contributed by atoms with Crippen LogP contribution in [0.1, 0.15) is 27.7 Å². The first-order valence-electron chi connectivity index (χ1n) is 7.45. The van der Waals surface area contributed by atoms with Crippen molar-refractivity contribution in [3.63, 3.8) is 0 Å². The van der Waals surface area contributed by atoms with Gasteiger partial charge in [-0.2, -0.15) is 4.98 Å². The highest BCUT2D eigenvalue weighted by molar-refractivity contribution is 7.20. The number of benzene rings is 1. The Hall–Kier alpha value is -2.18. The summed E-state index contributed by atoms with van der Waals surface area (Å²) in [4.78, 5) is 21.7. The molecule has 0 unspecified atom stereocenters. The lowest BCUT2D eigenvalue weighted by Crippen LogP contribution is -2.01. The Bertz CT molecular complexity index is 924. The van der Waals surface area contributed by atoms with E-state index in [0.717, 1.165) is 23.1 Å². The third-order valence-electron chi connectivity index (χ3n) is 3.78. The fraction of sp³-hybridized carbons (Fsp3) is 0.235. The summed E-state index contributed by atoms with van der Waals surface area (Å²) in [6.45, 7) is 3.95. The largest absolute Gasteiger partial charge is 0.465 e. The zero-order valence-corrected chi connectivity index (χ0v) is 15.1. The number of methoxy groups -OCH3 is 1. The van der Waals surface area contributed by atoms with E-state index >= 15 is 0 Å². The Kier molecular flexibility index (Phi) is 4.69. The highest BCUT2D eigenvalue weighted by Crippen LogP contribution is 2.36. The van der Waals surface area contributed by atoms with E-state index in [1.807, 2.05) is 25.1 Å². The molecule has 0 aliphatic carbocycles. The van der Waals surface area contributed by atoms with Crippen LogP contribution in [0.25, 0.3) is 10.2 Å². The molecule has 0 bridgehead atoms. The van der Waals surface area contributed by atoms with Crippen LogP contribution >= 0.6 is 22.9 Å². The molecule has 24 heavy (non-hydrogen) atoms. The number of aryl methyl sites for hydroxylation is 2. The van der Waals surface area contributed by atoms with Crippen LogP contribution in [0, 0.1) is 6.92 Å². The van der Waals surface area contributed by atoms with Crippen molar-refractivity contribution in [3.8, 4) is 0 Å². The topological polar surface area (TPSA) is 64.1 Å². The molecule has 0 aliphatic rings. The lowest BCUT2D eigenvalue weighted by atomic mass is 10.1. The van der Waals surface area contributed by atoms with E-state index in [2.05, 4.69) is 28.3 Å². The van der Waals surface area contributed by atoms with Crippen molar-refractivity contribution < 1.29 is 9.53 Å². The van der Waals surface area contributed by atoms with Crippen molar-refractivity contribution in [2.75, 3.05) is 12.4 Å². The average Bonchev–Trinajstić information content (AvgIpc) is 2.91. The number of fused-ring (bicyclic) bond motifs is 1. The van der Waals surface area contributed by atoms with Gasteiger partial charge in [0, 0.05) is 5.69 Å². The fourth-order valence-electron chi connectivity index (χ4n) is 2.57. The summed E-state index contributed by atoms with van der Waals surface area (Å²) in [6.07, 6.45) is 0.890. The molecule has 1 N–H and O–H groups in total. The van der Waals surface area contributed by atoms with Crippen LogP contribution in [0.2, 0.25) is 5.28 Å². The first-order valence-corrected chi connectivity index (χ1v) is 8.64. The molecule has 0 atom stereocenters. The number of nitrogens with one attached hydrogen (secondary N) is 1. The number of hydrogen-bond acceptors (Lipinski definition) is 6. The van der Waals surface area contributed by atoms with Crippen molar-refractivity contribution in [1.82, 2.24) is 9.97 Å². The van der Waals surface area contributed by atoms with Crippen molar-refractivity contribution in [2.45, 2.75) is 20.3 Å². The summed E-state index contributed by atoms with van der Waals surface area (Å²) in [7, 11) is 1.36. The predicted octanol–water partition coefficient (Wildman–Crippen LogP) is 4.75. The Balaban J connectivity index is 2.17. The summed E-state index contributed by atoms with van der Waals surface area (Å²) in [6, 6.07) is 8.01. The van der Waals surface area contributed by atoms with Gasteiger partial charge in [-0.25, -0.2) is 9.78 Å². The van der Waals surface area contributed by atoms with Crippen LogP contribution in [-0.2, 0) is 11.2 Å². The molecule has 0 fully saturated rings. The number of aromatic nitrogens is 2. The van der Waals surface area contributed by atoms with E-state index in [-0.39, 0.29) is 11.3 Å². The van der Waals surface area contributed by atoms with Crippen molar-refractivity contribution in [3.05, 3.63) is 45.6 Å². The Morgan fingerprint density at radius 2 is 2.08 bits per heavy atom. The van der Waals surface area contributed by atoms with E-state index in [0.29, 0.717) is 15.5 Å². The molecule has 1 aromatic carbocycles. The maximum atomic E-state index is 11.9. The molecule has 0 radical (unpaired) electrons. The zero-order chi connectivity index (χ0) is 17.3. The number of nitrogens with zero attached hydrogens (tertiary/aromatic N) is 2. The molecule has 7 heteroatoms. The Morgan fingerprint density at radius 3 is 2.79 bits per heavy atom. The number of halogens is 1. The zero-order valence-electron chi connectivity index (χ0n) is 13.5. The number of para-hydroxylation sites is 1. The molecule has 3 rings (SSSR count). The number of ether oxygens (including phenoxy) is 1. The number of hydrogen-bond donors (Lipinski definition) is 1. The highest BCUT2D eigenvalue weighted by atomic mass is 35.5. The summed E-state index contributed by atoms with van der Waals surface area (Å²) in [5.74, 6) is 0.210. The molecule has 3 aromatic rings. The predicted molar refractivity (Wildman–Crippen MR) is 97.6 cm³/mol. The van der Waals surface area contributed by atoms with Gasteiger partial charge >= 0.3 is 5.97 Å². The second-order valence-electron chi connectivity index (χ2n) is 5.20. The molecule has 5 nitrogen and oxygen atoms in total. The minimum Gasteiger partial charge on any atom is -0.465 e. The SMILES string of the molecule is CCc1ccccc1Nc1nc(Cl)nc2sc(C(=O)OC)c(C)c12. The number of anilines is 2. The standard InChI is InChI=1S/C17H16ClN3O2S/c1-4-10-7-5-6-8-11(10)19-14-12-9(2)13(16(22)23-3)24-15(12)21-17(18)20-14/h5-8H,4H2,1-3H3,(H,19,20,21). The first-order chi connectivity index (χ1) is 11.5. The van der Waals surface area contributed by atoms with Gasteiger partial charge in [-0.05, 0) is 42.1 Å². The molecule has 2 aromatic heterocycles. The molecule has 2 heterocycles. The number of carbonyl (C=O) groups is 1. The minimum absolute atomic E-state index is 0.136. The van der Waals surface area contributed by atoms with Crippen LogP contribution in [0.15, 0.2) is 24.3 Å². The van der Waals surface area contributed by atoms with Gasteiger partial charge in [-0.1, -0.05) is 25.1 Å². The third-order valence-corrected chi connectivity index (χ3v) is 5.12. The number of esters is 1. The van der Waals surface area contributed by atoms with Gasteiger partial charge in [0.05, 0.1) is 12.5 Å². The molecule has 0 aliphatic heterocycles. The number of rotatable bonds is 4. The number of carbonyl (C=O) groups excluding carboxylic acids is 1. The van der Waals surface area contributed by atoms with Gasteiger partial charge in [0.15, 0.2) is 0 Å². The third kappa shape index (κ3) is 2.95. The van der Waals surface area contributed by atoms with Crippen LogP contribution in [0.3, 0.4) is 0 Å². The molecule has 124 valence electrons. The van der Waals surface area contributed by atoms with E-state index in [1.165, 1.54) is 24.0 Å². The maximum absolute atomic E-state index is 11.9. The van der Waals surface area contributed by atoms with Gasteiger partial charge in [0.2, 0.25) is 5.28 Å². The van der Waals surface area contributed by atoms with Crippen LogP contribution in [0.4, 0.5) is 11.5 Å². The molecule has 0 amide bonds. The van der Waals surface area contributed by atoms with Gasteiger partial charge in [0.25, 0.3) is 0 Å². The lowest BCUT2D eigenvalue weighted by molar-refractivity contribution is 0.0605. The molecule has 0 spiro atoms. The van der Waals surface area contributed by atoms with Gasteiger partial charge in [-0.3, -0.25) is 0 Å². The first kappa shape index (κ1) is 16.7. The average molecular weight is 362 g/mol. The smallest absolute Gasteiger partial charge is 0.348 e. The summed E-state index contributed by atoms with van der Waals surface area (Å²) in [5, 5.41) is 4.26. The van der Waals surface area contributed by atoms with Crippen molar-refractivity contribution >= 4 is 50.6 Å². The Labute approximate surface area is 148 Å². The monoisotopic (exact) mass is 361 g/mol. The van der Waals surface area contributed by atoms with Gasteiger partial charge < -0.3 is 10.1 Å². The summed E-state index contributed by atoms with van der Waals surface area (Å²) < 4.78 is 4.84. The van der Waals surface area contributed by atoms with E-state index in [1.54, 1.807) is 0 Å². The number of thiophene rings is 1. The minimum atomic E-state index is -0.383. The Morgan fingerprint density at radius 1 is 1.33 bits per heavy atom. The highest BCUT2D eigenvalue weighted by Gasteiger charge is 2.21. The van der Waals surface area contributed by atoms with E-state index in [4.69, 9.17) is 16.3 Å². The van der Waals surface area contributed by atoms with Gasteiger partial charge in [-0.15, -0.1) is 11.3 Å². The normalized spacial score (nSPS) is 10.8. The fourth-order valence-corrected chi connectivity index (χ4v) is 3.89. The van der Waals surface area contributed by atoms with Crippen LogP contribution in [-0.4, -0.2) is 23.0 Å². The van der Waals surface area contributed by atoms with Crippen molar-refractivity contribution in [2.24, 2.45) is 0 Å². The maximum Gasteiger partial charge on any atom is 0.348 e. The van der Waals surface area contributed by atoms with Crippen LogP contribution in [0.5, 0.6) is 0 Å². The second kappa shape index (κ2) is 6.75. The van der Waals surface area contributed by atoms with Crippen molar-refractivity contribution in [1.29, 1.82) is 0 Å². The van der Waals surface area contributed by atoms with E-state index < -0.39 is 0 Å². The molecular formula is C17H16ClN3O2S. The summed E-state index contributed by atoms with van der Waals surface area (Å²) in [5.41, 5.74) is 2.91. The molecule has 0 saturated carbocycles. The molecular weight excluding hydrogens is 346 g/mol. The van der Waals surface area contributed by atoms with Gasteiger partial charge in [0.1, 0.15) is 15.5 Å². The van der Waals surface area contributed by atoms with E-state index in [9.17, 15) is 4.79 Å². The quantitative estimate of drug-likeness (QED) is 0.536. The van der Waals surface area contributed by atoms with Crippen LogP contribution < -0.4 is 5.32 Å². The molecule has 0 saturated heterocycles. The second-order valence-corrected chi connectivity index (χ2v) is 6.54. The summed E-state index contributed by atoms with van der Waals surface area (Å²) >= 11 is 7.32.